The van der Waals surface area contributed by atoms with Crippen molar-refractivity contribution in [1.29, 1.82) is 0 Å². The molecule has 28 heavy (non-hydrogen) atoms. The second kappa shape index (κ2) is 10.2. The third-order valence-corrected chi connectivity index (χ3v) is 4.73. The molecule has 2 aromatic carbocycles. The first-order valence-electron chi connectivity index (χ1n) is 9.46. The van der Waals surface area contributed by atoms with E-state index in [1.165, 1.54) is 5.56 Å². The molecule has 6 heteroatoms. The van der Waals surface area contributed by atoms with E-state index in [-0.39, 0.29) is 43.1 Å². The summed E-state index contributed by atoms with van der Waals surface area (Å²) in [5, 5.41) is 3.47. The lowest BCUT2D eigenvalue weighted by Gasteiger charge is -2.20. The molecule has 0 aromatic heterocycles. The number of esters is 2. The lowest BCUT2D eigenvalue weighted by molar-refractivity contribution is -0.136. The highest BCUT2D eigenvalue weighted by atomic mass is 35.5. The van der Waals surface area contributed by atoms with Gasteiger partial charge in [-0.15, -0.1) is 12.4 Å². The van der Waals surface area contributed by atoms with Crippen LogP contribution in [-0.4, -0.2) is 25.0 Å². The van der Waals surface area contributed by atoms with Gasteiger partial charge in [-0.05, 0) is 41.8 Å². The van der Waals surface area contributed by atoms with Gasteiger partial charge in [0, 0.05) is 25.3 Å². The van der Waals surface area contributed by atoms with Crippen LogP contribution in [0.15, 0.2) is 42.5 Å². The third kappa shape index (κ3) is 5.12. The monoisotopic (exact) mass is 403 g/mol. The van der Waals surface area contributed by atoms with Gasteiger partial charge in [0.25, 0.3) is 0 Å². The SMILES string of the molecule is CCC(=O)Oc1cc2c(cc1OC(=O)CC)C(c1ccccc1)CNCC2.Cl. The number of ether oxygens (including phenoxy) is 2. The predicted octanol–water partition coefficient (Wildman–Crippen LogP) is 4.02. The Morgan fingerprint density at radius 2 is 1.61 bits per heavy atom. The number of carbonyl (C=O) groups excluding carboxylic acids is 2. The maximum absolute atomic E-state index is 11.9. The van der Waals surface area contributed by atoms with Crippen LogP contribution in [0.25, 0.3) is 0 Å². The molecule has 0 spiro atoms. The van der Waals surface area contributed by atoms with E-state index in [2.05, 4.69) is 17.4 Å². The van der Waals surface area contributed by atoms with E-state index in [9.17, 15) is 9.59 Å². The van der Waals surface area contributed by atoms with Crippen molar-refractivity contribution in [2.75, 3.05) is 13.1 Å². The first-order chi connectivity index (χ1) is 13.1. The van der Waals surface area contributed by atoms with Crippen LogP contribution >= 0.6 is 12.4 Å². The minimum absolute atomic E-state index is 0. The van der Waals surface area contributed by atoms with E-state index >= 15 is 0 Å². The first-order valence-corrected chi connectivity index (χ1v) is 9.46. The Hall–Kier alpha value is -2.37. The van der Waals surface area contributed by atoms with Crippen molar-refractivity contribution in [3.63, 3.8) is 0 Å². The fraction of sp³-hybridized carbons (Fsp3) is 0.364. The zero-order chi connectivity index (χ0) is 19.2. The quantitative estimate of drug-likeness (QED) is 0.603. The van der Waals surface area contributed by atoms with E-state index in [0.717, 1.165) is 30.6 Å². The number of halogens is 1. The Kier molecular flexibility index (Phi) is 8.03. The van der Waals surface area contributed by atoms with E-state index < -0.39 is 0 Å². The lowest BCUT2D eigenvalue weighted by Crippen LogP contribution is -2.20. The Morgan fingerprint density at radius 3 is 2.21 bits per heavy atom. The predicted molar refractivity (Wildman–Crippen MR) is 110 cm³/mol. The molecule has 0 radical (unpaired) electrons. The lowest BCUT2D eigenvalue weighted by atomic mass is 9.88. The Balaban J connectivity index is 0.00000280. The summed E-state index contributed by atoms with van der Waals surface area (Å²) in [7, 11) is 0. The molecule has 0 bridgehead atoms. The molecule has 1 N–H and O–H groups in total. The van der Waals surface area contributed by atoms with Crippen LogP contribution in [0.3, 0.4) is 0 Å². The number of hydrogen-bond donors (Lipinski definition) is 1. The average molecular weight is 404 g/mol. The van der Waals surface area contributed by atoms with Gasteiger partial charge in [-0.25, -0.2) is 0 Å². The summed E-state index contributed by atoms with van der Waals surface area (Å²) in [5.74, 6) is 0.0573. The van der Waals surface area contributed by atoms with E-state index in [0.29, 0.717) is 11.5 Å². The molecule has 1 aliphatic rings. The molecule has 0 fully saturated rings. The first kappa shape index (κ1) is 21.9. The van der Waals surface area contributed by atoms with Gasteiger partial charge in [0.1, 0.15) is 0 Å². The smallest absolute Gasteiger partial charge is 0.311 e. The van der Waals surface area contributed by atoms with Crippen LogP contribution in [0, 0.1) is 0 Å². The molecule has 0 saturated carbocycles. The second-order valence-electron chi connectivity index (χ2n) is 6.57. The molecule has 0 aliphatic carbocycles. The van der Waals surface area contributed by atoms with Gasteiger partial charge >= 0.3 is 11.9 Å². The minimum atomic E-state index is -0.355. The summed E-state index contributed by atoms with van der Waals surface area (Å²) in [6.45, 7) is 5.11. The van der Waals surface area contributed by atoms with Crippen LogP contribution in [0.5, 0.6) is 11.5 Å². The summed E-state index contributed by atoms with van der Waals surface area (Å²) in [4.78, 5) is 23.7. The summed E-state index contributed by atoms with van der Waals surface area (Å²) in [6, 6.07) is 14.0. The third-order valence-electron chi connectivity index (χ3n) is 4.73. The summed E-state index contributed by atoms with van der Waals surface area (Å²) in [5.41, 5.74) is 3.39. The van der Waals surface area contributed by atoms with Crippen molar-refractivity contribution >= 4 is 24.3 Å². The molecule has 0 amide bonds. The zero-order valence-corrected chi connectivity index (χ0v) is 17.0. The van der Waals surface area contributed by atoms with Crippen molar-refractivity contribution in [3.8, 4) is 11.5 Å². The fourth-order valence-electron chi connectivity index (χ4n) is 3.27. The van der Waals surface area contributed by atoms with Crippen molar-refractivity contribution in [2.24, 2.45) is 0 Å². The van der Waals surface area contributed by atoms with Gasteiger partial charge in [0.05, 0.1) is 0 Å². The van der Waals surface area contributed by atoms with Crippen molar-refractivity contribution in [2.45, 2.75) is 39.0 Å². The fourth-order valence-corrected chi connectivity index (χ4v) is 3.27. The molecule has 1 heterocycles. The molecule has 2 aromatic rings. The molecule has 0 saturated heterocycles. The highest BCUT2D eigenvalue weighted by Gasteiger charge is 2.24. The number of benzene rings is 2. The average Bonchev–Trinajstić information content (AvgIpc) is 2.90. The summed E-state index contributed by atoms with van der Waals surface area (Å²) in [6.07, 6.45) is 1.33. The molecule has 5 nitrogen and oxygen atoms in total. The van der Waals surface area contributed by atoms with Crippen LogP contribution in [0.4, 0.5) is 0 Å². The summed E-state index contributed by atoms with van der Waals surface area (Å²) >= 11 is 0. The van der Waals surface area contributed by atoms with Gasteiger partial charge in [-0.2, -0.15) is 0 Å². The highest BCUT2D eigenvalue weighted by Crippen LogP contribution is 2.38. The Labute approximate surface area is 171 Å². The standard InChI is InChI=1S/C22H25NO4.ClH/c1-3-21(24)26-19-12-16-10-11-23-14-18(15-8-6-5-7-9-15)17(16)13-20(19)27-22(25)4-2;/h5-9,12-13,18,23H,3-4,10-11,14H2,1-2H3;1H. The Morgan fingerprint density at radius 1 is 1.00 bits per heavy atom. The molecule has 150 valence electrons. The molecule has 1 unspecified atom stereocenters. The van der Waals surface area contributed by atoms with Crippen molar-refractivity contribution in [3.05, 3.63) is 59.2 Å². The molecule has 1 aliphatic heterocycles. The van der Waals surface area contributed by atoms with E-state index in [1.807, 2.05) is 30.3 Å². The molecular weight excluding hydrogens is 378 g/mol. The number of fused-ring (bicyclic) bond motifs is 1. The highest BCUT2D eigenvalue weighted by molar-refractivity contribution is 5.85. The molecule has 3 rings (SSSR count). The van der Waals surface area contributed by atoms with Gasteiger partial charge < -0.3 is 14.8 Å². The number of carbonyl (C=O) groups is 2. The van der Waals surface area contributed by atoms with Gasteiger partial charge in [-0.1, -0.05) is 44.2 Å². The van der Waals surface area contributed by atoms with E-state index in [4.69, 9.17) is 9.47 Å². The number of hydrogen-bond acceptors (Lipinski definition) is 5. The normalized spacial score (nSPS) is 15.6. The Bertz CT molecular complexity index is 823. The second-order valence-corrected chi connectivity index (χ2v) is 6.57. The topological polar surface area (TPSA) is 64.6 Å². The van der Waals surface area contributed by atoms with E-state index in [1.54, 1.807) is 13.8 Å². The maximum atomic E-state index is 11.9. The molecule has 1 atom stereocenters. The maximum Gasteiger partial charge on any atom is 0.311 e. The van der Waals surface area contributed by atoms with Crippen LogP contribution < -0.4 is 14.8 Å². The van der Waals surface area contributed by atoms with Crippen molar-refractivity contribution in [1.82, 2.24) is 5.32 Å². The van der Waals surface area contributed by atoms with Crippen molar-refractivity contribution < 1.29 is 19.1 Å². The number of nitrogens with one attached hydrogen (secondary N) is 1. The van der Waals surface area contributed by atoms with Gasteiger partial charge in [0.2, 0.25) is 0 Å². The van der Waals surface area contributed by atoms with Crippen LogP contribution in [0.2, 0.25) is 0 Å². The number of rotatable bonds is 5. The van der Waals surface area contributed by atoms with Gasteiger partial charge in [-0.3, -0.25) is 9.59 Å². The van der Waals surface area contributed by atoms with Crippen LogP contribution in [-0.2, 0) is 16.0 Å². The summed E-state index contributed by atoms with van der Waals surface area (Å²) < 4.78 is 10.9. The molecular formula is C22H26ClNO4. The zero-order valence-electron chi connectivity index (χ0n) is 16.2. The van der Waals surface area contributed by atoms with Gasteiger partial charge in [0.15, 0.2) is 11.5 Å². The largest absolute Gasteiger partial charge is 0.423 e. The minimum Gasteiger partial charge on any atom is -0.423 e. The van der Waals surface area contributed by atoms with Crippen LogP contribution in [0.1, 0.15) is 49.3 Å².